The fraction of sp³-hybridized carbons (Fsp3) is 0.455. The maximum Gasteiger partial charge on any atom is 0.294 e. The Labute approximate surface area is 174 Å². The van der Waals surface area contributed by atoms with Crippen LogP contribution in [0, 0.1) is 5.92 Å². The summed E-state index contributed by atoms with van der Waals surface area (Å²) >= 11 is 0. The zero-order chi connectivity index (χ0) is 20.5. The number of piperidine rings is 1. The third-order valence-electron chi connectivity index (χ3n) is 6.38. The summed E-state index contributed by atoms with van der Waals surface area (Å²) in [5, 5.41) is 14.8. The summed E-state index contributed by atoms with van der Waals surface area (Å²) in [5.74, 6) is 0.628. The van der Waals surface area contributed by atoms with Crippen molar-refractivity contribution < 1.29 is 14.1 Å². The van der Waals surface area contributed by atoms with E-state index in [0.29, 0.717) is 11.6 Å². The van der Waals surface area contributed by atoms with Crippen molar-refractivity contribution >= 4 is 28.4 Å². The maximum atomic E-state index is 12.6. The fourth-order valence-corrected chi connectivity index (χ4v) is 4.63. The smallest absolute Gasteiger partial charge is 0.294 e. The highest BCUT2D eigenvalue weighted by molar-refractivity contribution is 6.03. The molecule has 2 aromatic heterocycles. The van der Waals surface area contributed by atoms with E-state index in [1.807, 2.05) is 23.1 Å². The van der Waals surface area contributed by atoms with Crippen LogP contribution in [-0.2, 0) is 4.79 Å². The average molecular weight is 407 g/mol. The molecule has 156 valence electrons. The molecule has 0 unspecified atom stereocenters. The van der Waals surface area contributed by atoms with Crippen molar-refractivity contribution in [1.29, 1.82) is 0 Å². The minimum absolute atomic E-state index is 0.196. The van der Waals surface area contributed by atoms with Crippen LogP contribution in [0.1, 0.15) is 60.7 Å². The van der Waals surface area contributed by atoms with Gasteiger partial charge in [0.25, 0.3) is 5.91 Å². The molecule has 1 aromatic carbocycles. The number of rotatable bonds is 4. The van der Waals surface area contributed by atoms with Crippen LogP contribution >= 0.6 is 0 Å². The summed E-state index contributed by atoms with van der Waals surface area (Å²) in [4.78, 5) is 27.2. The number of amides is 2. The van der Waals surface area contributed by atoms with Crippen molar-refractivity contribution in [3.63, 3.8) is 0 Å². The summed E-state index contributed by atoms with van der Waals surface area (Å²) in [5.41, 5.74) is 2.37. The Hall–Kier alpha value is -3.16. The number of benzene rings is 1. The number of aromatic nitrogens is 3. The topological polar surface area (TPSA) is 104 Å². The van der Waals surface area contributed by atoms with Gasteiger partial charge >= 0.3 is 0 Å². The van der Waals surface area contributed by atoms with Crippen LogP contribution in [-0.4, -0.2) is 45.2 Å². The highest BCUT2D eigenvalue weighted by Gasteiger charge is 2.31. The van der Waals surface area contributed by atoms with Crippen LogP contribution in [0.5, 0.6) is 0 Å². The molecule has 3 heterocycles. The van der Waals surface area contributed by atoms with Crippen molar-refractivity contribution in [1.82, 2.24) is 20.3 Å². The second-order valence-corrected chi connectivity index (χ2v) is 8.32. The lowest BCUT2D eigenvalue weighted by atomic mass is 9.92. The second kappa shape index (κ2) is 7.93. The van der Waals surface area contributed by atoms with E-state index in [2.05, 4.69) is 20.7 Å². The Morgan fingerprint density at radius 1 is 1.10 bits per heavy atom. The molecule has 5 rings (SSSR count). The molecule has 2 amide bonds. The molecular formula is C22H25N5O3. The van der Waals surface area contributed by atoms with Crippen LogP contribution < -0.4 is 5.32 Å². The summed E-state index contributed by atoms with van der Waals surface area (Å²) in [6, 6.07) is 7.26. The molecule has 2 N–H and O–H groups in total. The van der Waals surface area contributed by atoms with Gasteiger partial charge in [-0.2, -0.15) is 5.10 Å². The number of likely N-dealkylation sites (tertiary alicyclic amines) is 1. The van der Waals surface area contributed by atoms with Gasteiger partial charge in [-0.1, -0.05) is 18.0 Å². The standard InChI is InChI=1S/C22H25N5O3/c28-21(24-17-5-6-18-16(11-17)13-23-25-18)20-12-19(26-30-20)14-7-9-27(10-8-14)22(29)15-3-1-2-4-15/h5-6,11-15H,1-4,7-10H2,(H,23,25)(H,24,28). The van der Waals surface area contributed by atoms with Gasteiger partial charge in [0.1, 0.15) is 0 Å². The quantitative estimate of drug-likeness (QED) is 0.686. The number of nitrogens with zero attached hydrogens (tertiary/aromatic N) is 3. The van der Waals surface area contributed by atoms with Crippen LogP contribution in [0.25, 0.3) is 10.9 Å². The van der Waals surface area contributed by atoms with Gasteiger partial charge in [-0.05, 0) is 43.9 Å². The lowest BCUT2D eigenvalue weighted by molar-refractivity contribution is -0.136. The molecule has 2 aliphatic rings. The highest BCUT2D eigenvalue weighted by atomic mass is 16.5. The molecule has 0 bridgehead atoms. The highest BCUT2D eigenvalue weighted by Crippen LogP contribution is 2.31. The first kappa shape index (κ1) is 18.8. The number of carbonyl (C=O) groups excluding carboxylic acids is 2. The summed E-state index contributed by atoms with van der Waals surface area (Å²) in [7, 11) is 0. The van der Waals surface area contributed by atoms with E-state index in [0.717, 1.165) is 55.4 Å². The molecule has 3 aromatic rings. The predicted molar refractivity (Wildman–Crippen MR) is 111 cm³/mol. The van der Waals surface area contributed by atoms with Gasteiger partial charge in [-0.25, -0.2) is 0 Å². The van der Waals surface area contributed by atoms with Crippen molar-refractivity contribution in [2.75, 3.05) is 18.4 Å². The molecule has 1 saturated heterocycles. The number of H-pyrrole nitrogens is 1. The second-order valence-electron chi connectivity index (χ2n) is 8.32. The lowest BCUT2D eigenvalue weighted by Crippen LogP contribution is -2.40. The molecule has 8 heteroatoms. The van der Waals surface area contributed by atoms with E-state index in [4.69, 9.17) is 4.52 Å². The van der Waals surface area contributed by atoms with Crippen LogP contribution in [0.2, 0.25) is 0 Å². The molecule has 8 nitrogen and oxygen atoms in total. The first-order valence-corrected chi connectivity index (χ1v) is 10.7. The predicted octanol–water partition coefficient (Wildman–Crippen LogP) is 3.70. The third kappa shape index (κ3) is 3.69. The zero-order valence-electron chi connectivity index (χ0n) is 16.8. The van der Waals surface area contributed by atoms with Crippen molar-refractivity contribution in [3.8, 4) is 0 Å². The van der Waals surface area contributed by atoms with Gasteiger partial charge in [0.2, 0.25) is 11.7 Å². The molecule has 1 aliphatic carbocycles. The Morgan fingerprint density at radius 3 is 2.70 bits per heavy atom. The van der Waals surface area contributed by atoms with Gasteiger partial charge in [-0.3, -0.25) is 14.7 Å². The molecule has 30 heavy (non-hydrogen) atoms. The number of hydrogen-bond acceptors (Lipinski definition) is 5. The molecule has 0 radical (unpaired) electrons. The van der Waals surface area contributed by atoms with Gasteiger partial charge in [0.05, 0.1) is 17.4 Å². The molecule has 0 atom stereocenters. The van der Waals surface area contributed by atoms with Gasteiger partial charge in [-0.15, -0.1) is 0 Å². The van der Waals surface area contributed by atoms with E-state index in [-0.39, 0.29) is 23.5 Å². The Kier molecular flexibility index (Phi) is 4.98. The molecule has 1 aliphatic heterocycles. The Morgan fingerprint density at radius 2 is 1.90 bits per heavy atom. The normalized spacial score (nSPS) is 18.2. The van der Waals surface area contributed by atoms with Gasteiger partial charge in [0.15, 0.2) is 0 Å². The molecule has 1 saturated carbocycles. The number of aromatic amines is 1. The first-order valence-electron chi connectivity index (χ1n) is 10.7. The first-order chi connectivity index (χ1) is 14.7. The van der Waals surface area contributed by atoms with Crippen LogP contribution in [0.3, 0.4) is 0 Å². The number of nitrogens with one attached hydrogen (secondary N) is 2. The van der Waals surface area contributed by atoms with Crippen LogP contribution in [0.15, 0.2) is 35.0 Å². The molecule has 2 fully saturated rings. The third-order valence-corrected chi connectivity index (χ3v) is 6.38. The maximum absolute atomic E-state index is 12.6. The Balaban J connectivity index is 1.19. The van der Waals surface area contributed by atoms with E-state index in [9.17, 15) is 9.59 Å². The lowest BCUT2D eigenvalue weighted by Gasteiger charge is -2.32. The number of hydrogen-bond donors (Lipinski definition) is 2. The summed E-state index contributed by atoms with van der Waals surface area (Å²) in [6.45, 7) is 1.50. The Bertz CT molecular complexity index is 1060. The fourth-order valence-electron chi connectivity index (χ4n) is 4.63. The minimum Gasteiger partial charge on any atom is -0.351 e. The zero-order valence-corrected chi connectivity index (χ0v) is 16.8. The van der Waals surface area contributed by atoms with Crippen molar-refractivity contribution in [2.24, 2.45) is 5.92 Å². The van der Waals surface area contributed by atoms with Gasteiger partial charge in [0, 0.05) is 42.1 Å². The van der Waals surface area contributed by atoms with Crippen molar-refractivity contribution in [3.05, 3.63) is 41.9 Å². The van der Waals surface area contributed by atoms with E-state index in [1.165, 1.54) is 12.8 Å². The largest absolute Gasteiger partial charge is 0.351 e. The van der Waals surface area contributed by atoms with E-state index < -0.39 is 0 Å². The average Bonchev–Trinajstić information content (AvgIpc) is 3.54. The van der Waals surface area contributed by atoms with E-state index >= 15 is 0 Å². The molecular weight excluding hydrogens is 382 g/mol. The van der Waals surface area contributed by atoms with Gasteiger partial charge < -0.3 is 14.7 Å². The number of fused-ring (bicyclic) bond motifs is 1. The van der Waals surface area contributed by atoms with Crippen LogP contribution in [0.4, 0.5) is 5.69 Å². The van der Waals surface area contributed by atoms with E-state index in [1.54, 1.807) is 12.3 Å². The SMILES string of the molecule is O=C(Nc1ccc2[nH]ncc2c1)c1cc(C2CCN(C(=O)C3CCCC3)CC2)no1. The summed E-state index contributed by atoms with van der Waals surface area (Å²) < 4.78 is 5.32. The number of anilines is 1. The minimum atomic E-state index is -0.328. The van der Waals surface area contributed by atoms with Crippen molar-refractivity contribution in [2.45, 2.75) is 44.4 Å². The number of carbonyl (C=O) groups is 2. The monoisotopic (exact) mass is 407 g/mol. The summed E-state index contributed by atoms with van der Waals surface area (Å²) in [6.07, 6.45) is 7.83. The molecule has 0 spiro atoms.